The van der Waals surface area contributed by atoms with Crippen molar-refractivity contribution in [2.24, 2.45) is 5.10 Å². The first-order chi connectivity index (χ1) is 11.3. The molecule has 0 aliphatic carbocycles. The molecule has 0 spiro atoms. The molecule has 7 heteroatoms. The van der Waals surface area contributed by atoms with E-state index in [0.29, 0.717) is 30.9 Å². The molecule has 24 heavy (non-hydrogen) atoms. The fourth-order valence-electron chi connectivity index (χ4n) is 2.29. The Hall–Kier alpha value is -1.49. The standard InChI is InChI=1S/C17H27N2O4P/c1-6-22-24(21,23-7-2)17(4,5)13-14(3)18-19-16(20)15-11-9-8-10-12-15/h8-12H,6-7,13H2,1-5H3,(H,19,20)/b18-14-. The van der Waals surface area contributed by atoms with E-state index in [-0.39, 0.29) is 5.91 Å². The molecule has 0 aromatic heterocycles. The van der Waals surface area contributed by atoms with Crippen molar-refractivity contribution in [3.8, 4) is 0 Å². The summed E-state index contributed by atoms with van der Waals surface area (Å²) in [5.74, 6) is -0.287. The molecule has 0 aliphatic rings. The fraction of sp³-hybridized carbons (Fsp3) is 0.529. The number of hydrogen-bond donors (Lipinski definition) is 1. The van der Waals surface area contributed by atoms with Crippen LogP contribution >= 0.6 is 7.60 Å². The van der Waals surface area contributed by atoms with Crippen LogP contribution in [0.25, 0.3) is 0 Å². The maximum Gasteiger partial charge on any atom is 0.336 e. The topological polar surface area (TPSA) is 77.0 Å². The molecule has 0 radical (unpaired) electrons. The minimum atomic E-state index is -3.28. The number of nitrogens with zero attached hydrogens (tertiary/aromatic N) is 1. The molecular formula is C17H27N2O4P. The van der Waals surface area contributed by atoms with Gasteiger partial charge in [0.2, 0.25) is 0 Å². The highest BCUT2D eigenvalue weighted by atomic mass is 31.2. The van der Waals surface area contributed by atoms with E-state index in [1.807, 2.05) is 19.9 Å². The molecule has 134 valence electrons. The van der Waals surface area contributed by atoms with Gasteiger partial charge in [-0.3, -0.25) is 9.36 Å². The quantitative estimate of drug-likeness (QED) is 0.409. The summed E-state index contributed by atoms with van der Waals surface area (Å²) in [4.78, 5) is 12.0. The molecule has 0 aliphatic heterocycles. The van der Waals surface area contributed by atoms with Crippen molar-refractivity contribution in [2.75, 3.05) is 13.2 Å². The van der Waals surface area contributed by atoms with Crippen molar-refractivity contribution in [3.05, 3.63) is 35.9 Å². The van der Waals surface area contributed by atoms with Gasteiger partial charge in [-0.1, -0.05) is 18.2 Å². The molecule has 0 saturated carbocycles. The van der Waals surface area contributed by atoms with E-state index in [1.54, 1.807) is 45.0 Å². The van der Waals surface area contributed by atoms with E-state index in [9.17, 15) is 9.36 Å². The molecule has 1 N–H and O–H groups in total. The van der Waals surface area contributed by atoms with Crippen LogP contribution in [-0.2, 0) is 13.6 Å². The SMILES string of the molecule is CCOP(=O)(OCC)C(C)(C)C/C(C)=N\NC(=O)c1ccccc1. The van der Waals surface area contributed by atoms with Gasteiger partial charge in [-0.25, -0.2) is 5.43 Å². The Morgan fingerprint density at radius 1 is 1.17 bits per heavy atom. The highest BCUT2D eigenvalue weighted by Gasteiger charge is 2.43. The number of rotatable bonds is 9. The number of carbonyl (C=O) groups is 1. The summed E-state index contributed by atoms with van der Waals surface area (Å²) in [5, 5.41) is 3.36. The summed E-state index contributed by atoms with van der Waals surface area (Å²) in [6, 6.07) is 8.84. The first-order valence-corrected chi connectivity index (χ1v) is 9.57. The van der Waals surface area contributed by atoms with E-state index < -0.39 is 12.8 Å². The van der Waals surface area contributed by atoms with Gasteiger partial charge < -0.3 is 9.05 Å². The monoisotopic (exact) mass is 354 g/mol. The maximum atomic E-state index is 12.9. The number of hydrazone groups is 1. The molecule has 0 saturated heterocycles. The van der Waals surface area contributed by atoms with Gasteiger partial charge in [0, 0.05) is 17.7 Å². The smallest absolute Gasteiger partial charge is 0.308 e. The van der Waals surface area contributed by atoms with Gasteiger partial charge in [0.15, 0.2) is 0 Å². The Balaban J connectivity index is 2.78. The predicted molar refractivity (Wildman–Crippen MR) is 96.6 cm³/mol. The van der Waals surface area contributed by atoms with Crippen LogP contribution in [0.15, 0.2) is 35.4 Å². The fourth-order valence-corrected chi connectivity index (χ4v) is 4.17. The van der Waals surface area contributed by atoms with Crippen LogP contribution in [0.5, 0.6) is 0 Å². The zero-order valence-electron chi connectivity index (χ0n) is 15.0. The van der Waals surface area contributed by atoms with E-state index in [1.165, 1.54) is 0 Å². The van der Waals surface area contributed by atoms with Crippen molar-refractivity contribution < 1.29 is 18.4 Å². The molecule has 0 atom stereocenters. The summed E-state index contributed by atoms with van der Waals surface area (Å²) < 4.78 is 23.8. The molecule has 6 nitrogen and oxygen atoms in total. The Bertz CT molecular complexity index is 604. The Kier molecular flexibility index (Phi) is 7.80. The second kappa shape index (κ2) is 9.11. The molecule has 0 fully saturated rings. The van der Waals surface area contributed by atoms with Gasteiger partial charge in [-0.15, -0.1) is 0 Å². The van der Waals surface area contributed by atoms with E-state index >= 15 is 0 Å². The van der Waals surface area contributed by atoms with Crippen LogP contribution in [0.2, 0.25) is 0 Å². The lowest BCUT2D eigenvalue weighted by molar-refractivity contribution is 0.0954. The van der Waals surface area contributed by atoms with Gasteiger partial charge in [0.25, 0.3) is 5.91 Å². The van der Waals surface area contributed by atoms with E-state index in [4.69, 9.17) is 9.05 Å². The Morgan fingerprint density at radius 2 is 1.71 bits per heavy atom. The Labute approximate surface area is 144 Å². The van der Waals surface area contributed by atoms with Crippen molar-refractivity contribution in [3.63, 3.8) is 0 Å². The van der Waals surface area contributed by atoms with E-state index in [2.05, 4.69) is 10.5 Å². The van der Waals surface area contributed by atoms with E-state index in [0.717, 1.165) is 0 Å². The number of carbonyl (C=O) groups excluding carboxylic acids is 1. The van der Waals surface area contributed by atoms with Crippen LogP contribution in [0.1, 0.15) is 51.4 Å². The van der Waals surface area contributed by atoms with Crippen LogP contribution in [-0.4, -0.2) is 30.0 Å². The zero-order valence-corrected chi connectivity index (χ0v) is 15.9. The predicted octanol–water partition coefficient (Wildman–Crippen LogP) is 4.23. The number of benzene rings is 1. The molecule has 0 bridgehead atoms. The lowest BCUT2D eigenvalue weighted by Gasteiger charge is -2.32. The number of hydrogen-bond acceptors (Lipinski definition) is 5. The minimum Gasteiger partial charge on any atom is -0.308 e. The third-order valence-electron chi connectivity index (χ3n) is 3.41. The highest BCUT2D eigenvalue weighted by molar-refractivity contribution is 7.55. The molecule has 0 unspecified atom stereocenters. The summed E-state index contributed by atoms with van der Waals surface area (Å²) in [6.45, 7) is 9.58. The second-order valence-corrected chi connectivity index (χ2v) is 8.70. The molecule has 0 heterocycles. The van der Waals surface area contributed by atoms with Gasteiger partial charge in [0.05, 0.1) is 18.4 Å². The Morgan fingerprint density at radius 3 is 2.21 bits per heavy atom. The number of nitrogens with one attached hydrogen (secondary N) is 1. The van der Waals surface area contributed by atoms with Crippen LogP contribution in [0.4, 0.5) is 0 Å². The van der Waals surface area contributed by atoms with Crippen molar-refractivity contribution in [2.45, 2.75) is 46.2 Å². The van der Waals surface area contributed by atoms with Crippen molar-refractivity contribution >= 4 is 19.2 Å². The normalized spacial score (nSPS) is 13.0. The summed E-state index contributed by atoms with van der Waals surface area (Å²) >= 11 is 0. The van der Waals surface area contributed by atoms with Gasteiger partial charge in [-0.2, -0.15) is 5.10 Å². The lowest BCUT2D eigenvalue weighted by atomic mass is 10.1. The molecule has 1 rings (SSSR count). The molecule has 1 amide bonds. The first kappa shape index (κ1) is 20.6. The largest absolute Gasteiger partial charge is 0.336 e. The van der Waals surface area contributed by atoms with Crippen molar-refractivity contribution in [1.29, 1.82) is 0 Å². The second-order valence-electron chi connectivity index (χ2n) is 5.98. The minimum absolute atomic E-state index is 0.287. The van der Waals surface area contributed by atoms with Gasteiger partial charge in [-0.05, 0) is 46.8 Å². The average Bonchev–Trinajstić information content (AvgIpc) is 2.53. The zero-order chi connectivity index (χ0) is 18.2. The van der Waals surface area contributed by atoms with Crippen LogP contribution < -0.4 is 5.43 Å². The summed E-state index contributed by atoms with van der Waals surface area (Å²) in [5.41, 5.74) is 3.69. The summed E-state index contributed by atoms with van der Waals surface area (Å²) in [6.07, 6.45) is 0.374. The first-order valence-electron chi connectivity index (χ1n) is 8.03. The lowest BCUT2D eigenvalue weighted by Crippen LogP contribution is -2.28. The molecular weight excluding hydrogens is 327 g/mol. The van der Waals surface area contributed by atoms with Crippen LogP contribution in [0, 0.1) is 0 Å². The molecule has 1 aromatic rings. The molecule has 1 aromatic carbocycles. The highest BCUT2D eigenvalue weighted by Crippen LogP contribution is 2.61. The van der Waals surface area contributed by atoms with Crippen molar-refractivity contribution in [1.82, 2.24) is 5.43 Å². The van der Waals surface area contributed by atoms with Gasteiger partial charge >= 0.3 is 7.60 Å². The number of amides is 1. The maximum absolute atomic E-state index is 12.9. The summed E-state index contributed by atoms with van der Waals surface area (Å²) in [7, 11) is -3.28. The third-order valence-corrected chi connectivity index (χ3v) is 6.25. The van der Waals surface area contributed by atoms with Gasteiger partial charge in [0.1, 0.15) is 0 Å². The van der Waals surface area contributed by atoms with Crippen LogP contribution in [0.3, 0.4) is 0 Å². The average molecular weight is 354 g/mol. The third kappa shape index (κ3) is 5.55.